The Kier molecular flexibility index (Phi) is 6.22. The highest BCUT2D eigenvalue weighted by atomic mass is 79.9. The molecule has 1 N–H and O–H groups in total. The van der Waals surface area contributed by atoms with Gasteiger partial charge in [-0.05, 0) is 79.5 Å². The molecular formula is C25H27BrN2O2S. The van der Waals surface area contributed by atoms with Gasteiger partial charge >= 0.3 is 0 Å². The fourth-order valence-corrected chi connectivity index (χ4v) is 5.54. The van der Waals surface area contributed by atoms with Gasteiger partial charge in [0.25, 0.3) is 5.91 Å². The van der Waals surface area contributed by atoms with E-state index >= 15 is 0 Å². The molecule has 0 spiro atoms. The number of carbonyl (C=O) groups excluding carboxylic acids is 1. The molecule has 1 atom stereocenters. The average molecular weight is 499 g/mol. The van der Waals surface area contributed by atoms with Gasteiger partial charge < -0.3 is 9.73 Å². The monoisotopic (exact) mass is 498 g/mol. The van der Waals surface area contributed by atoms with Gasteiger partial charge in [-0.15, -0.1) is 11.3 Å². The number of anilines is 1. The van der Waals surface area contributed by atoms with Gasteiger partial charge in [0.15, 0.2) is 0 Å². The van der Waals surface area contributed by atoms with Crippen molar-refractivity contribution in [3.63, 3.8) is 0 Å². The molecule has 0 aliphatic heterocycles. The summed E-state index contributed by atoms with van der Waals surface area (Å²) in [6, 6.07) is 11.4. The number of thiophene rings is 1. The number of carbonyl (C=O) groups is 1. The van der Waals surface area contributed by atoms with E-state index in [1.807, 2.05) is 43.3 Å². The maximum atomic E-state index is 13.3. The van der Waals surface area contributed by atoms with Crippen LogP contribution in [0.3, 0.4) is 0 Å². The number of fused-ring (bicyclic) bond motifs is 1. The average Bonchev–Trinajstić information content (AvgIpc) is 3.29. The van der Waals surface area contributed by atoms with Crippen LogP contribution in [0, 0.1) is 18.3 Å². The quantitative estimate of drug-likeness (QED) is 0.377. The van der Waals surface area contributed by atoms with Crippen molar-refractivity contribution in [1.29, 1.82) is 0 Å². The number of hydrogen-bond donors (Lipinski definition) is 1. The topological polar surface area (TPSA) is 54.6 Å². The first-order valence-corrected chi connectivity index (χ1v) is 12.1. The van der Waals surface area contributed by atoms with Crippen molar-refractivity contribution in [2.75, 3.05) is 5.32 Å². The van der Waals surface area contributed by atoms with E-state index in [9.17, 15) is 4.79 Å². The predicted molar refractivity (Wildman–Crippen MR) is 132 cm³/mol. The van der Waals surface area contributed by atoms with Gasteiger partial charge in [0, 0.05) is 15.0 Å². The lowest BCUT2D eigenvalue weighted by atomic mass is 9.72. The molecule has 3 aromatic rings. The number of hydrogen-bond acceptors (Lipinski definition) is 4. The van der Waals surface area contributed by atoms with E-state index < -0.39 is 0 Å². The maximum absolute atomic E-state index is 13.3. The van der Waals surface area contributed by atoms with Crippen LogP contribution in [0.4, 0.5) is 10.7 Å². The van der Waals surface area contributed by atoms with Crippen molar-refractivity contribution >= 4 is 50.1 Å². The second-order valence-corrected chi connectivity index (χ2v) is 11.2. The lowest BCUT2D eigenvalue weighted by Gasteiger charge is -2.33. The van der Waals surface area contributed by atoms with Crippen LogP contribution >= 0.6 is 27.3 Å². The summed E-state index contributed by atoms with van der Waals surface area (Å²) in [7, 11) is 0. The smallest absolute Gasteiger partial charge is 0.259 e. The number of nitrogens with zero attached hydrogens (tertiary/aromatic N) is 1. The van der Waals surface area contributed by atoms with E-state index in [0.29, 0.717) is 17.2 Å². The fraction of sp³-hybridized carbons (Fsp3) is 0.360. The van der Waals surface area contributed by atoms with Crippen LogP contribution in [0.25, 0.3) is 0 Å². The highest BCUT2D eigenvalue weighted by molar-refractivity contribution is 9.10. The Bertz CT molecular complexity index is 1120. The van der Waals surface area contributed by atoms with E-state index in [0.717, 1.165) is 45.7 Å². The molecule has 2 heterocycles. The van der Waals surface area contributed by atoms with Crippen molar-refractivity contribution in [3.05, 3.63) is 68.4 Å². The molecule has 0 bridgehead atoms. The summed E-state index contributed by atoms with van der Waals surface area (Å²) in [5.74, 6) is 2.03. The van der Waals surface area contributed by atoms with Crippen LogP contribution in [0.2, 0.25) is 0 Å². The van der Waals surface area contributed by atoms with Crippen molar-refractivity contribution in [2.24, 2.45) is 16.3 Å². The van der Waals surface area contributed by atoms with Crippen LogP contribution in [0.1, 0.15) is 59.5 Å². The molecular weight excluding hydrogens is 472 g/mol. The van der Waals surface area contributed by atoms with E-state index in [1.165, 1.54) is 4.88 Å². The normalized spacial score (nSPS) is 16.5. The summed E-state index contributed by atoms with van der Waals surface area (Å²) in [6.45, 7) is 8.81. The minimum atomic E-state index is -0.100. The minimum absolute atomic E-state index is 0.100. The van der Waals surface area contributed by atoms with E-state index in [2.05, 4.69) is 42.0 Å². The summed E-state index contributed by atoms with van der Waals surface area (Å²) < 4.78 is 6.60. The molecule has 0 fully saturated rings. The number of rotatable bonds is 4. The van der Waals surface area contributed by atoms with Gasteiger partial charge in [0.2, 0.25) is 0 Å². The van der Waals surface area contributed by atoms with Crippen LogP contribution in [0.15, 0.2) is 50.3 Å². The van der Waals surface area contributed by atoms with Crippen LogP contribution in [0.5, 0.6) is 0 Å². The number of benzene rings is 1. The van der Waals surface area contributed by atoms with Crippen molar-refractivity contribution in [1.82, 2.24) is 0 Å². The number of aliphatic imine (C=N–C) groups is 1. The highest BCUT2D eigenvalue weighted by Gasteiger charge is 2.33. The van der Waals surface area contributed by atoms with Gasteiger partial charge in [-0.3, -0.25) is 4.79 Å². The molecule has 6 heteroatoms. The molecule has 1 amide bonds. The zero-order chi connectivity index (χ0) is 22.2. The van der Waals surface area contributed by atoms with Gasteiger partial charge in [-0.25, -0.2) is 4.99 Å². The summed E-state index contributed by atoms with van der Waals surface area (Å²) in [5.41, 5.74) is 2.88. The Morgan fingerprint density at radius 2 is 1.97 bits per heavy atom. The molecule has 162 valence electrons. The van der Waals surface area contributed by atoms with E-state index in [4.69, 9.17) is 9.41 Å². The van der Waals surface area contributed by atoms with Crippen LogP contribution in [-0.4, -0.2) is 12.1 Å². The SMILES string of the molecule is Cc1ccc(/C=N/c2sc3c(c2C(=O)Nc2ccc(Br)cc2)CCC(C(C)(C)C)C3)o1. The van der Waals surface area contributed by atoms with E-state index in [-0.39, 0.29) is 11.3 Å². The second-order valence-electron chi connectivity index (χ2n) is 9.16. The zero-order valence-electron chi connectivity index (χ0n) is 18.3. The number of halogens is 1. The maximum Gasteiger partial charge on any atom is 0.259 e. The van der Waals surface area contributed by atoms with Gasteiger partial charge in [0.05, 0.1) is 11.8 Å². The molecule has 0 radical (unpaired) electrons. The largest absolute Gasteiger partial charge is 0.460 e. The fourth-order valence-electron chi connectivity index (χ4n) is 4.01. The summed E-state index contributed by atoms with van der Waals surface area (Å²) >= 11 is 5.08. The molecule has 31 heavy (non-hydrogen) atoms. The molecule has 4 rings (SSSR count). The number of furan rings is 1. The molecule has 0 saturated carbocycles. The number of aryl methyl sites for hydroxylation is 1. The number of nitrogens with one attached hydrogen (secondary N) is 1. The molecule has 4 nitrogen and oxygen atoms in total. The van der Waals surface area contributed by atoms with Gasteiger partial charge in [0.1, 0.15) is 16.5 Å². The summed E-state index contributed by atoms with van der Waals surface area (Å²) in [4.78, 5) is 19.3. The Labute approximate surface area is 195 Å². The van der Waals surface area contributed by atoms with Gasteiger partial charge in [-0.2, -0.15) is 0 Å². The second kappa shape index (κ2) is 8.75. The third-order valence-corrected chi connectivity index (χ3v) is 7.56. The third kappa shape index (κ3) is 5.01. The zero-order valence-corrected chi connectivity index (χ0v) is 20.7. The highest BCUT2D eigenvalue weighted by Crippen LogP contribution is 2.45. The molecule has 0 saturated heterocycles. The molecule has 2 aromatic heterocycles. The molecule has 1 aromatic carbocycles. The van der Waals surface area contributed by atoms with Gasteiger partial charge in [-0.1, -0.05) is 36.7 Å². The Morgan fingerprint density at radius 3 is 2.61 bits per heavy atom. The molecule has 1 aliphatic rings. The lowest BCUT2D eigenvalue weighted by molar-refractivity contribution is 0.102. The lowest BCUT2D eigenvalue weighted by Crippen LogP contribution is -2.27. The molecule has 1 aliphatic carbocycles. The number of amides is 1. The Morgan fingerprint density at radius 1 is 1.23 bits per heavy atom. The van der Waals surface area contributed by atoms with Crippen molar-refractivity contribution in [3.8, 4) is 0 Å². The standard InChI is InChI=1S/C25H27BrN2O2S/c1-15-5-11-19(30-15)14-27-24-22(23(29)28-18-9-7-17(26)8-10-18)20-12-6-16(25(2,3)4)13-21(20)31-24/h5,7-11,14,16H,6,12-13H2,1-4H3,(H,28,29)/b27-14+. The third-order valence-electron chi connectivity index (χ3n) is 5.87. The van der Waals surface area contributed by atoms with Crippen molar-refractivity contribution in [2.45, 2.75) is 47.0 Å². The summed E-state index contributed by atoms with van der Waals surface area (Å²) in [5, 5.41) is 3.81. The van der Waals surface area contributed by atoms with Crippen molar-refractivity contribution < 1.29 is 9.21 Å². The first kappa shape index (κ1) is 22.0. The Hall–Kier alpha value is -2.18. The Balaban J connectivity index is 1.69. The minimum Gasteiger partial charge on any atom is -0.460 e. The molecule has 1 unspecified atom stereocenters. The van der Waals surface area contributed by atoms with Crippen LogP contribution in [-0.2, 0) is 12.8 Å². The van der Waals surface area contributed by atoms with E-state index in [1.54, 1.807) is 17.6 Å². The van der Waals surface area contributed by atoms with Crippen LogP contribution < -0.4 is 5.32 Å². The summed E-state index contributed by atoms with van der Waals surface area (Å²) in [6.07, 6.45) is 4.71. The first-order valence-electron chi connectivity index (χ1n) is 10.5. The first-order chi connectivity index (χ1) is 14.7. The predicted octanol–water partition coefficient (Wildman–Crippen LogP) is 7.57.